The molecular formula is C24H33N3O4. The number of hydrogen-bond donors (Lipinski definition) is 3. The lowest BCUT2D eigenvalue weighted by atomic mass is 9.84. The molecule has 2 amide bonds. The van der Waals surface area contributed by atoms with E-state index < -0.39 is 18.2 Å². The lowest BCUT2D eigenvalue weighted by Crippen LogP contribution is -2.51. The second kappa shape index (κ2) is 11.6. The van der Waals surface area contributed by atoms with Gasteiger partial charge in [0.15, 0.2) is 6.10 Å². The minimum absolute atomic E-state index is 0.168. The number of hydrogen-bond acceptors (Lipinski definition) is 5. The van der Waals surface area contributed by atoms with E-state index in [1.54, 1.807) is 0 Å². The Labute approximate surface area is 183 Å². The van der Waals surface area contributed by atoms with E-state index in [9.17, 15) is 14.7 Å². The largest absolute Gasteiger partial charge is 0.446 e. The topological polar surface area (TPSA) is 104 Å². The van der Waals surface area contributed by atoms with E-state index in [0.717, 1.165) is 18.4 Å². The van der Waals surface area contributed by atoms with Gasteiger partial charge in [0.25, 0.3) is 0 Å². The van der Waals surface area contributed by atoms with E-state index in [1.807, 2.05) is 30.3 Å². The SMILES string of the molecule is CC(=O)NC(CC1CCCCC1)C(=O)NC(CCc1ccccc1)C(O)c1ncco1. The Hall–Kier alpha value is -2.67. The van der Waals surface area contributed by atoms with Gasteiger partial charge in [-0.15, -0.1) is 0 Å². The molecule has 0 aliphatic heterocycles. The zero-order chi connectivity index (χ0) is 22.1. The highest BCUT2D eigenvalue weighted by Crippen LogP contribution is 2.28. The molecule has 1 aromatic heterocycles. The zero-order valence-electron chi connectivity index (χ0n) is 18.1. The van der Waals surface area contributed by atoms with Gasteiger partial charge < -0.3 is 20.2 Å². The lowest BCUT2D eigenvalue weighted by Gasteiger charge is -2.29. The van der Waals surface area contributed by atoms with Crippen molar-refractivity contribution in [2.24, 2.45) is 5.92 Å². The number of aliphatic hydroxyl groups is 1. The third-order valence-corrected chi connectivity index (χ3v) is 5.99. The first-order chi connectivity index (χ1) is 15.0. The fourth-order valence-corrected chi connectivity index (χ4v) is 4.34. The number of aryl methyl sites for hydroxylation is 1. The molecule has 168 valence electrons. The van der Waals surface area contributed by atoms with Gasteiger partial charge in [0.05, 0.1) is 12.2 Å². The molecule has 2 aromatic rings. The second-order valence-electron chi connectivity index (χ2n) is 8.45. The molecule has 31 heavy (non-hydrogen) atoms. The summed E-state index contributed by atoms with van der Waals surface area (Å²) in [6, 6.07) is 8.70. The molecule has 7 nitrogen and oxygen atoms in total. The van der Waals surface area contributed by atoms with Crippen LogP contribution < -0.4 is 10.6 Å². The van der Waals surface area contributed by atoms with E-state index in [-0.39, 0.29) is 17.7 Å². The monoisotopic (exact) mass is 427 g/mol. The van der Waals surface area contributed by atoms with Crippen LogP contribution in [0.3, 0.4) is 0 Å². The second-order valence-corrected chi connectivity index (χ2v) is 8.45. The minimum atomic E-state index is -1.07. The average Bonchev–Trinajstić information content (AvgIpc) is 3.31. The molecule has 7 heteroatoms. The number of oxazole rings is 1. The van der Waals surface area contributed by atoms with Gasteiger partial charge in [0.1, 0.15) is 12.3 Å². The van der Waals surface area contributed by atoms with Crippen molar-refractivity contribution in [1.82, 2.24) is 15.6 Å². The summed E-state index contributed by atoms with van der Waals surface area (Å²) in [5.41, 5.74) is 1.11. The van der Waals surface area contributed by atoms with Crippen LogP contribution in [0.25, 0.3) is 0 Å². The molecule has 1 heterocycles. The molecular weight excluding hydrogens is 394 g/mol. The number of nitrogens with zero attached hydrogens (tertiary/aromatic N) is 1. The molecule has 0 radical (unpaired) electrons. The van der Waals surface area contributed by atoms with Gasteiger partial charge in [-0.3, -0.25) is 9.59 Å². The fourth-order valence-electron chi connectivity index (χ4n) is 4.34. The summed E-state index contributed by atoms with van der Waals surface area (Å²) in [5, 5.41) is 16.6. The molecule has 3 rings (SSSR count). The molecule has 1 aromatic carbocycles. The van der Waals surface area contributed by atoms with Crippen LogP contribution in [0.1, 0.15) is 69.4 Å². The minimum Gasteiger partial charge on any atom is -0.446 e. The smallest absolute Gasteiger partial charge is 0.242 e. The van der Waals surface area contributed by atoms with E-state index in [2.05, 4.69) is 15.6 Å². The molecule has 0 bridgehead atoms. The first-order valence-electron chi connectivity index (χ1n) is 11.2. The van der Waals surface area contributed by atoms with Crippen LogP contribution in [-0.4, -0.2) is 34.0 Å². The maximum absolute atomic E-state index is 13.2. The maximum atomic E-state index is 13.2. The van der Waals surface area contributed by atoms with Crippen LogP contribution >= 0.6 is 0 Å². The van der Waals surface area contributed by atoms with E-state index in [1.165, 1.54) is 38.6 Å². The summed E-state index contributed by atoms with van der Waals surface area (Å²) in [6.45, 7) is 1.43. The van der Waals surface area contributed by atoms with Crippen molar-refractivity contribution in [3.63, 3.8) is 0 Å². The highest BCUT2D eigenvalue weighted by Gasteiger charge is 2.31. The van der Waals surface area contributed by atoms with Crippen molar-refractivity contribution in [1.29, 1.82) is 0 Å². The summed E-state index contributed by atoms with van der Waals surface area (Å²) in [6.07, 6.45) is 9.34. The summed E-state index contributed by atoms with van der Waals surface area (Å²) >= 11 is 0. The van der Waals surface area contributed by atoms with Gasteiger partial charge in [-0.05, 0) is 30.7 Å². The number of carbonyl (C=O) groups is 2. The average molecular weight is 428 g/mol. The van der Waals surface area contributed by atoms with Crippen LogP contribution in [0.5, 0.6) is 0 Å². The normalized spacial score (nSPS) is 17.5. The van der Waals surface area contributed by atoms with Crippen LogP contribution in [0.4, 0.5) is 0 Å². The first-order valence-corrected chi connectivity index (χ1v) is 11.2. The van der Waals surface area contributed by atoms with Crippen LogP contribution in [-0.2, 0) is 16.0 Å². The Morgan fingerprint density at radius 3 is 2.55 bits per heavy atom. The van der Waals surface area contributed by atoms with Crippen molar-refractivity contribution in [2.75, 3.05) is 0 Å². The van der Waals surface area contributed by atoms with E-state index >= 15 is 0 Å². The number of nitrogens with one attached hydrogen (secondary N) is 2. The lowest BCUT2D eigenvalue weighted by molar-refractivity contribution is -0.129. The molecule has 3 N–H and O–H groups in total. The van der Waals surface area contributed by atoms with Crippen LogP contribution in [0.15, 0.2) is 47.2 Å². The highest BCUT2D eigenvalue weighted by molar-refractivity contribution is 5.87. The van der Waals surface area contributed by atoms with Crippen molar-refractivity contribution in [2.45, 2.75) is 76.5 Å². The molecule has 0 saturated heterocycles. The quantitative estimate of drug-likeness (QED) is 0.540. The number of aromatic nitrogens is 1. The highest BCUT2D eigenvalue weighted by atomic mass is 16.4. The fraction of sp³-hybridized carbons (Fsp3) is 0.542. The molecule has 0 spiro atoms. The summed E-state index contributed by atoms with van der Waals surface area (Å²) in [5.74, 6) is 0.0898. The van der Waals surface area contributed by atoms with Gasteiger partial charge in [0, 0.05) is 6.92 Å². The molecule has 1 aliphatic rings. The Balaban J connectivity index is 1.69. The Morgan fingerprint density at radius 2 is 1.90 bits per heavy atom. The van der Waals surface area contributed by atoms with E-state index in [0.29, 0.717) is 25.2 Å². The Morgan fingerprint density at radius 1 is 1.16 bits per heavy atom. The molecule has 1 fully saturated rings. The van der Waals surface area contributed by atoms with Gasteiger partial charge in [-0.1, -0.05) is 62.4 Å². The predicted molar refractivity (Wildman–Crippen MR) is 117 cm³/mol. The summed E-state index contributed by atoms with van der Waals surface area (Å²) in [7, 11) is 0. The molecule has 3 unspecified atom stereocenters. The van der Waals surface area contributed by atoms with Gasteiger partial charge >= 0.3 is 0 Å². The summed E-state index contributed by atoms with van der Waals surface area (Å²) in [4.78, 5) is 29.0. The van der Waals surface area contributed by atoms with Crippen molar-refractivity contribution < 1.29 is 19.1 Å². The number of amides is 2. The molecule has 1 aliphatic carbocycles. The maximum Gasteiger partial charge on any atom is 0.242 e. The summed E-state index contributed by atoms with van der Waals surface area (Å²) < 4.78 is 5.27. The van der Waals surface area contributed by atoms with Crippen molar-refractivity contribution in [3.05, 3.63) is 54.2 Å². The van der Waals surface area contributed by atoms with Crippen molar-refractivity contribution >= 4 is 11.8 Å². The molecule has 1 saturated carbocycles. The van der Waals surface area contributed by atoms with Gasteiger partial charge in [0.2, 0.25) is 17.7 Å². The number of rotatable bonds is 10. The Kier molecular flexibility index (Phi) is 8.64. The third kappa shape index (κ3) is 7.21. The van der Waals surface area contributed by atoms with Crippen LogP contribution in [0, 0.1) is 5.92 Å². The van der Waals surface area contributed by atoms with E-state index in [4.69, 9.17) is 4.42 Å². The van der Waals surface area contributed by atoms with Gasteiger partial charge in [-0.2, -0.15) is 0 Å². The Bertz CT molecular complexity index is 803. The standard InChI is InChI=1S/C24H33N3O4/c1-17(28)26-21(16-19-10-6-3-7-11-19)23(30)27-20(22(29)24-25-14-15-31-24)13-12-18-8-4-2-5-9-18/h2,4-5,8-9,14-15,19-22,29H,3,6-7,10-13,16H2,1H3,(H,26,28)(H,27,30). The number of benzene rings is 1. The third-order valence-electron chi connectivity index (χ3n) is 5.99. The number of aliphatic hydroxyl groups excluding tert-OH is 1. The van der Waals surface area contributed by atoms with Gasteiger partial charge in [-0.25, -0.2) is 4.98 Å². The zero-order valence-corrected chi connectivity index (χ0v) is 18.1. The molecule has 3 atom stereocenters. The predicted octanol–water partition coefficient (Wildman–Crippen LogP) is 3.30. The first kappa shape index (κ1) is 23.0. The van der Waals surface area contributed by atoms with Crippen molar-refractivity contribution in [3.8, 4) is 0 Å². The number of carbonyl (C=O) groups excluding carboxylic acids is 2. The van der Waals surface area contributed by atoms with Crippen LogP contribution in [0.2, 0.25) is 0 Å².